The number of hydrogen-bond donors (Lipinski definition) is 2. The maximum atomic E-state index is 13.4. The van der Waals surface area contributed by atoms with Crippen LogP contribution in [-0.4, -0.2) is 21.6 Å². The maximum absolute atomic E-state index is 13.4. The summed E-state index contributed by atoms with van der Waals surface area (Å²) >= 11 is 3.26. The fourth-order valence-electron chi connectivity index (χ4n) is 3.02. The molecule has 0 saturated heterocycles. The third-order valence-electron chi connectivity index (χ3n) is 4.65. The highest BCUT2D eigenvalue weighted by Gasteiger charge is 2.35. The molecule has 0 aliphatic heterocycles. The first-order valence-electron chi connectivity index (χ1n) is 9.22. The van der Waals surface area contributed by atoms with E-state index in [1.807, 2.05) is 0 Å². The van der Waals surface area contributed by atoms with Gasteiger partial charge in [0, 0.05) is 28.2 Å². The molecule has 1 aromatic carbocycles. The average molecular weight is 485 g/mol. The summed E-state index contributed by atoms with van der Waals surface area (Å²) in [5.74, 6) is -0.148. The number of para-hydroxylation sites is 1. The summed E-state index contributed by atoms with van der Waals surface area (Å²) in [6.45, 7) is 3.39. The lowest BCUT2D eigenvalue weighted by Gasteiger charge is -2.20. The Bertz CT molecular complexity index is 1120. The van der Waals surface area contributed by atoms with Crippen LogP contribution < -0.4 is 16.0 Å². The zero-order valence-electron chi connectivity index (χ0n) is 16.3. The number of hydrogen-bond acceptors (Lipinski definition) is 5. The number of aromatic nitrogens is 3. The molecule has 0 bridgehead atoms. The molecule has 2 heterocycles. The Morgan fingerprint density at radius 3 is 2.70 bits per heavy atom. The highest BCUT2D eigenvalue weighted by Crippen LogP contribution is 2.40. The van der Waals surface area contributed by atoms with Crippen molar-refractivity contribution in [1.82, 2.24) is 15.0 Å². The van der Waals surface area contributed by atoms with Crippen LogP contribution in [0, 0.1) is 0 Å². The van der Waals surface area contributed by atoms with E-state index in [0.29, 0.717) is 27.8 Å². The standard InChI is InChI=1S/C20H20BrF3N4O2/c1-10(17-27-18-14(19(29)28-17)8-12(21)9-26-18)6-7-30-16-13(11(2)25)4-3-5-15(16)20(22,23)24/h3-5,8-11H,6-7,25H2,1-2H3,(H,26,27,28,29)/t10-,11-/m1/s1. The van der Waals surface area contributed by atoms with E-state index in [0.717, 1.165) is 6.07 Å². The number of pyridine rings is 1. The molecule has 0 aliphatic rings. The molecule has 0 saturated carbocycles. The van der Waals surface area contributed by atoms with Gasteiger partial charge in [0.25, 0.3) is 5.56 Å². The summed E-state index contributed by atoms with van der Waals surface area (Å²) in [6, 6.07) is 4.80. The largest absolute Gasteiger partial charge is 0.493 e. The lowest BCUT2D eigenvalue weighted by molar-refractivity contribution is -0.139. The van der Waals surface area contributed by atoms with Crippen molar-refractivity contribution in [2.24, 2.45) is 5.73 Å². The molecular weight excluding hydrogens is 465 g/mol. The van der Waals surface area contributed by atoms with Gasteiger partial charge in [0.05, 0.1) is 17.6 Å². The average Bonchev–Trinajstić information content (AvgIpc) is 2.67. The van der Waals surface area contributed by atoms with Gasteiger partial charge in [0.1, 0.15) is 11.6 Å². The fourth-order valence-corrected chi connectivity index (χ4v) is 3.35. The van der Waals surface area contributed by atoms with E-state index in [9.17, 15) is 18.0 Å². The minimum absolute atomic E-state index is 0.0104. The van der Waals surface area contributed by atoms with Crippen LogP contribution in [0.3, 0.4) is 0 Å². The summed E-state index contributed by atoms with van der Waals surface area (Å²) in [7, 11) is 0. The summed E-state index contributed by atoms with van der Waals surface area (Å²) in [4.78, 5) is 23.5. The highest BCUT2D eigenvalue weighted by atomic mass is 79.9. The topological polar surface area (TPSA) is 93.9 Å². The zero-order chi connectivity index (χ0) is 22.1. The van der Waals surface area contributed by atoms with Crippen molar-refractivity contribution in [2.45, 2.75) is 38.4 Å². The first-order chi connectivity index (χ1) is 14.1. The van der Waals surface area contributed by atoms with Crippen molar-refractivity contribution in [3.63, 3.8) is 0 Å². The van der Waals surface area contributed by atoms with Gasteiger partial charge in [-0.05, 0) is 41.4 Å². The quantitative estimate of drug-likeness (QED) is 0.529. The number of alkyl halides is 3. The van der Waals surface area contributed by atoms with Gasteiger partial charge in [-0.25, -0.2) is 9.97 Å². The van der Waals surface area contributed by atoms with Gasteiger partial charge in [-0.3, -0.25) is 4.79 Å². The molecule has 0 aliphatic carbocycles. The monoisotopic (exact) mass is 484 g/mol. The zero-order valence-corrected chi connectivity index (χ0v) is 17.8. The van der Waals surface area contributed by atoms with E-state index in [4.69, 9.17) is 10.5 Å². The molecule has 0 fully saturated rings. The van der Waals surface area contributed by atoms with Gasteiger partial charge in [0.2, 0.25) is 0 Å². The Morgan fingerprint density at radius 1 is 1.30 bits per heavy atom. The molecule has 3 aromatic rings. The number of ether oxygens (including phenoxy) is 1. The van der Waals surface area contributed by atoms with Crippen molar-refractivity contribution < 1.29 is 17.9 Å². The van der Waals surface area contributed by atoms with Crippen molar-refractivity contribution >= 4 is 27.0 Å². The van der Waals surface area contributed by atoms with Crippen LogP contribution in [0.5, 0.6) is 5.75 Å². The summed E-state index contributed by atoms with van der Waals surface area (Å²) < 4.78 is 46.3. The number of benzene rings is 1. The third kappa shape index (κ3) is 4.81. The van der Waals surface area contributed by atoms with Crippen LogP contribution in [0.1, 0.15) is 49.2 Å². The number of nitrogens with zero attached hydrogens (tertiary/aromatic N) is 2. The van der Waals surface area contributed by atoms with Crippen molar-refractivity contribution in [1.29, 1.82) is 0 Å². The molecule has 0 radical (unpaired) electrons. The van der Waals surface area contributed by atoms with Gasteiger partial charge in [-0.2, -0.15) is 13.2 Å². The van der Waals surface area contributed by atoms with Gasteiger partial charge in [0.15, 0.2) is 5.65 Å². The lowest BCUT2D eigenvalue weighted by atomic mass is 10.0. The SMILES string of the molecule is C[C@H](CCOc1c([C@@H](C)N)cccc1C(F)(F)F)c1nc2ncc(Br)cc2c(=O)[nH]1. The minimum atomic E-state index is -4.56. The van der Waals surface area contributed by atoms with Gasteiger partial charge in [-0.15, -0.1) is 0 Å². The van der Waals surface area contributed by atoms with E-state index >= 15 is 0 Å². The normalized spacial score (nSPS) is 14.0. The Morgan fingerprint density at radius 2 is 2.03 bits per heavy atom. The van der Waals surface area contributed by atoms with Crippen molar-refractivity contribution in [3.05, 3.63) is 62.2 Å². The number of rotatable bonds is 6. The van der Waals surface area contributed by atoms with E-state index in [2.05, 4.69) is 30.9 Å². The number of nitrogens with two attached hydrogens (primary N) is 1. The predicted octanol–water partition coefficient (Wildman–Crippen LogP) is 4.69. The summed E-state index contributed by atoms with van der Waals surface area (Å²) in [6.07, 6.45) is -2.69. The molecule has 0 spiro atoms. The van der Waals surface area contributed by atoms with E-state index in [1.165, 1.54) is 18.3 Å². The van der Waals surface area contributed by atoms with Gasteiger partial charge in [-0.1, -0.05) is 19.1 Å². The first-order valence-corrected chi connectivity index (χ1v) is 10.0. The van der Waals surface area contributed by atoms with Gasteiger partial charge >= 0.3 is 6.18 Å². The van der Waals surface area contributed by atoms with E-state index in [-0.39, 0.29) is 29.4 Å². The van der Waals surface area contributed by atoms with Crippen LogP contribution in [-0.2, 0) is 6.18 Å². The fraction of sp³-hybridized carbons (Fsp3) is 0.350. The molecular formula is C20H20BrF3N4O2. The number of fused-ring (bicyclic) bond motifs is 1. The molecule has 30 heavy (non-hydrogen) atoms. The highest BCUT2D eigenvalue weighted by molar-refractivity contribution is 9.10. The van der Waals surface area contributed by atoms with E-state index in [1.54, 1.807) is 19.9 Å². The van der Waals surface area contributed by atoms with Gasteiger partial charge < -0.3 is 15.5 Å². The number of halogens is 4. The summed E-state index contributed by atoms with van der Waals surface area (Å²) in [5, 5.41) is 0.345. The van der Waals surface area contributed by atoms with E-state index < -0.39 is 17.8 Å². The van der Waals surface area contributed by atoms with Crippen LogP contribution >= 0.6 is 15.9 Å². The molecule has 0 amide bonds. The second-order valence-corrected chi connectivity index (χ2v) is 7.94. The lowest BCUT2D eigenvalue weighted by Crippen LogP contribution is -2.17. The molecule has 6 nitrogen and oxygen atoms in total. The minimum Gasteiger partial charge on any atom is -0.493 e. The Hall–Kier alpha value is -2.46. The van der Waals surface area contributed by atoms with Crippen molar-refractivity contribution in [3.8, 4) is 5.75 Å². The molecule has 160 valence electrons. The number of aromatic amines is 1. The number of H-pyrrole nitrogens is 1. The Balaban J connectivity index is 1.80. The molecule has 3 N–H and O–H groups in total. The second kappa shape index (κ2) is 8.73. The second-order valence-electron chi connectivity index (χ2n) is 7.02. The molecule has 2 aromatic heterocycles. The Kier molecular flexibility index (Phi) is 6.47. The smallest absolute Gasteiger partial charge is 0.419 e. The summed E-state index contributed by atoms with van der Waals surface area (Å²) in [5.41, 5.74) is 5.20. The van der Waals surface area contributed by atoms with Crippen LogP contribution in [0.15, 0.2) is 39.7 Å². The predicted molar refractivity (Wildman–Crippen MR) is 110 cm³/mol. The molecule has 3 rings (SSSR count). The van der Waals surface area contributed by atoms with Crippen molar-refractivity contribution in [2.75, 3.05) is 6.61 Å². The first kappa shape index (κ1) is 22.2. The molecule has 10 heteroatoms. The number of nitrogens with one attached hydrogen (secondary N) is 1. The van der Waals surface area contributed by atoms with Crippen LogP contribution in [0.25, 0.3) is 11.0 Å². The van der Waals surface area contributed by atoms with Crippen LogP contribution in [0.4, 0.5) is 13.2 Å². The Labute approximate surface area is 178 Å². The third-order valence-corrected chi connectivity index (χ3v) is 5.09. The molecule has 2 atom stereocenters. The molecule has 0 unspecified atom stereocenters. The van der Waals surface area contributed by atoms with Crippen LogP contribution in [0.2, 0.25) is 0 Å². The maximum Gasteiger partial charge on any atom is 0.419 e.